The molecule has 2 aromatic carbocycles. The van der Waals surface area contributed by atoms with Crippen molar-refractivity contribution in [3.05, 3.63) is 86.9 Å². The van der Waals surface area contributed by atoms with E-state index in [2.05, 4.69) is 41.3 Å². The van der Waals surface area contributed by atoms with Gasteiger partial charge in [-0.25, -0.2) is 4.39 Å². The van der Waals surface area contributed by atoms with Gasteiger partial charge in [-0.1, -0.05) is 30.3 Å². The summed E-state index contributed by atoms with van der Waals surface area (Å²) in [5.41, 5.74) is 3.93. The summed E-state index contributed by atoms with van der Waals surface area (Å²) in [6, 6.07) is 17.9. The van der Waals surface area contributed by atoms with Crippen LogP contribution in [0.2, 0.25) is 0 Å². The van der Waals surface area contributed by atoms with Crippen LogP contribution in [-0.4, -0.2) is 29.1 Å². The fourth-order valence-corrected chi connectivity index (χ4v) is 6.42. The average molecular weight is 480 g/mol. The van der Waals surface area contributed by atoms with E-state index in [9.17, 15) is 9.18 Å². The van der Waals surface area contributed by atoms with Crippen LogP contribution < -0.4 is 4.74 Å². The molecule has 0 saturated carbocycles. The molecule has 2 aliphatic rings. The van der Waals surface area contributed by atoms with Crippen LogP contribution in [0.3, 0.4) is 0 Å². The van der Waals surface area contributed by atoms with Crippen molar-refractivity contribution in [1.82, 2.24) is 4.90 Å². The van der Waals surface area contributed by atoms with Crippen molar-refractivity contribution < 1.29 is 19.0 Å². The SMILES string of the molecule is O=C(O)CCc1ccc(OCc2ccc(CN3CCC4(CCc5ccccc54)CC3)s2)cc1F. The van der Waals surface area contributed by atoms with Gasteiger partial charge in [0.2, 0.25) is 0 Å². The van der Waals surface area contributed by atoms with Crippen molar-refractivity contribution in [1.29, 1.82) is 0 Å². The van der Waals surface area contributed by atoms with E-state index in [0.717, 1.165) is 24.5 Å². The van der Waals surface area contributed by atoms with Crippen LogP contribution >= 0.6 is 11.3 Å². The number of ether oxygens (including phenoxy) is 1. The Morgan fingerprint density at radius 2 is 1.85 bits per heavy atom. The minimum absolute atomic E-state index is 0.0829. The third-order valence-electron chi connectivity index (χ3n) is 7.39. The molecule has 0 amide bonds. The summed E-state index contributed by atoms with van der Waals surface area (Å²) in [6.45, 7) is 3.63. The second-order valence-corrected chi connectivity index (χ2v) is 10.8. The molecular weight excluding hydrogens is 449 g/mol. The normalized spacial score (nSPS) is 17.1. The summed E-state index contributed by atoms with van der Waals surface area (Å²) in [6.07, 6.45) is 5.08. The third kappa shape index (κ3) is 5.03. The van der Waals surface area contributed by atoms with Gasteiger partial charge in [0.1, 0.15) is 18.2 Å². The van der Waals surface area contributed by atoms with E-state index in [1.165, 1.54) is 36.6 Å². The Balaban J connectivity index is 1.12. The number of halogens is 1. The monoisotopic (exact) mass is 479 g/mol. The summed E-state index contributed by atoms with van der Waals surface area (Å²) in [5, 5.41) is 8.77. The Morgan fingerprint density at radius 3 is 2.65 bits per heavy atom. The highest BCUT2D eigenvalue weighted by molar-refractivity contribution is 7.11. The standard InChI is InChI=1S/C28H30FNO3S/c29-26-17-22(7-5-21(26)6-10-27(31)32)33-19-24-9-8-23(34-24)18-30-15-13-28(14-16-30)12-11-20-3-1-2-4-25(20)28/h1-5,7-9,17H,6,10-16,18-19H2,(H,31,32). The zero-order valence-corrected chi connectivity index (χ0v) is 20.1. The topological polar surface area (TPSA) is 49.8 Å². The molecule has 1 fully saturated rings. The Morgan fingerprint density at radius 1 is 1.06 bits per heavy atom. The fraction of sp³-hybridized carbons (Fsp3) is 0.393. The van der Waals surface area contributed by atoms with Crippen LogP contribution in [0.1, 0.15) is 52.1 Å². The van der Waals surface area contributed by atoms with E-state index >= 15 is 0 Å². The lowest BCUT2D eigenvalue weighted by Crippen LogP contribution is -2.41. The molecule has 6 heteroatoms. The fourth-order valence-electron chi connectivity index (χ4n) is 5.44. The van der Waals surface area contributed by atoms with Gasteiger partial charge in [0.25, 0.3) is 0 Å². The lowest BCUT2D eigenvalue weighted by atomic mass is 9.74. The molecule has 3 aromatic rings. The molecule has 0 bridgehead atoms. The van der Waals surface area contributed by atoms with E-state index < -0.39 is 11.8 Å². The van der Waals surface area contributed by atoms with Gasteiger partial charge in [-0.15, -0.1) is 11.3 Å². The average Bonchev–Trinajstić information content (AvgIpc) is 3.43. The maximum absolute atomic E-state index is 14.2. The molecule has 0 atom stereocenters. The van der Waals surface area contributed by atoms with Crippen molar-refractivity contribution in [3.63, 3.8) is 0 Å². The number of hydrogen-bond acceptors (Lipinski definition) is 4. The summed E-state index contributed by atoms with van der Waals surface area (Å²) >= 11 is 1.75. The highest BCUT2D eigenvalue weighted by Crippen LogP contribution is 2.46. The minimum atomic E-state index is -0.929. The molecule has 2 heterocycles. The van der Waals surface area contributed by atoms with Gasteiger partial charge in [0.05, 0.1) is 0 Å². The van der Waals surface area contributed by atoms with Crippen LogP contribution in [0.5, 0.6) is 5.75 Å². The summed E-state index contributed by atoms with van der Waals surface area (Å²) in [7, 11) is 0. The molecule has 1 aromatic heterocycles. The van der Waals surface area contributed by atoms with Crippen molar-refractivity contribution in [2.24, 2.45) is 0 Å². The van der Waals surface area contributed by atoms with Gasteiger partial charge in [0, 0.05) is 28.8 Å². The van der Waals surface area contributed by atoms with Gasteiger partial charge in [-0.3, -0.25) is 9.69 Å². The molecule has 1 N–H and O–H groups in total. The lowest BCUT2D eigenvalue weighted by molar-refractivity contribution is -0.136. The van der Waals surface area contributed by atoms with E-state index in [4.69, 9.17) is 9.84 Å². The Kier molecular flexibility index (Phi) is 6.70. The maximum Gasteiger partial charge on any atom is 0.303 e. The van der Waals surface area contributed by atoms with Crippen molar-refractivity contribution in [2.45, 2.75) is 57.1 Å². The second-order valence-electron chi connectivity index (χ2n) is 9.52. The molecule has 0 unspecified atom stereocenters. The molecule has 1 saturated heterocycles. The first-order chi connectivity index (χ1) is 16.5. The number of carboxylic acids is 1. The molecule has 4 nitrogen and oxygen atoms in total. The number of carboxylic acid groups (broad SMARTS) is 1. The zero-order chi connectivity index (χ0) is 23.5. The third-order valence-corrected chi connectivity index (χ3v) is 8.43. The smallest absolute Gasteiger partial charge is 0.303 e. The number of benzene rings is 2. The molecule has 0 radical (unpaired) electrons. The highest BCUT2D eigenvalue weighted by atomic mass is 32.1. The van der Waals surface area contributed by atoms with E-state index in [1.807, 2.05) is 0 Å². The van der Waals surface area contributed by atoms with Gasteiger partial charge in [-0.2, -0.15) is 0 Å². The van der Waals surface area contributed by atoms with Crippen molar-refractivity contribution in [2.75, 3.05) is 13.1 Å². The zero-order valence-electron chi connectivity index (χ0n) is 19.3. The van der Waals surface area contributed by atoms with Gasteiger partial charge in [-0.05, 0) is 85.5 Å². The molecule has 5 rings (SSSR count). The Labute approximate surface area is 204 Å². The number of likely N-dealkylation sites (tertiary alicyclic amines) is 1. The number of thiophene rings is 1. The largest absolute Gasteiger partial charge is 0.488 e. The van der Waals surface area contributed by atoms with Gasteiger partial charge in [0.15, 0.2) is 0 Å². The van der Waals surface area contributed by atoms with Gasteiger partial charge < -0.3 is 9.84 Å². The Hall–Kier alpha value is -2.70. The first kappa shape index (κ1) is 23.1. The number of rotatable bonds is 8. The van der Waals surface area contributed by atoms with E-state index in [-0.39, 0.29) is 12.8 Å². The van der Waals surface area contributed by atoms with Crippen molar-refractivity contribution >= 4 is 17.3 Å². The minimum Gasteiger partial charge on any atom is -0.488 e. The molecule has 1 spiro atoms. The molecule has 1 aliphatic carbocycles. The van der Waals surface area contributed by atoms with Crippen LogP contribution in [0.4, 0.5) is 4.39 Å². The van der Waals surface area contributed by atoms with Gasteiger partial charge >= 0.3 is 5.97 Å². The summed E-state index contributed by atoms with van der Waals surface area (Å²) in [4.78, 5) is 15.7. The molecule has 178 valence electrons. The number of hydrogen-bond donors (Lipinski definition) is 1. The lowest BCUT2D eigenvalue weighted by Gasteiger charge is -2.40. The molecule has 34 heavy (non-hydrogen) atoms. The highest BCUT2D eigenvalue weighted by Gasteiger charge is 2.40. The summed E-state index contributed by atoms with van der Waals surface area (Å²) in [5.74, 6) is -0.885. The predicted octanol–water partition coefficient (Wildman–Crippen LogP) is 5.96. The molecule has 1 aliphatic heterocycles. The maximum atomic E-state index is 14.2. The van der Waals surface area contributed by atoms with Crippen LogP contribution in [0, 0.1) is 5.82 Å². The van der Waals surface area contributed by atoms with Crippen molar-refractivity contribution in [3.8, 4) is 5.75 Å². The molecular formula is C28H30FNO3S. The Bertz CT molecular complexity index is 1170. The number of carbonyl (C=O) groups is 1. The number of aliphatic carboxylic acids is 1. The number of piperidine rings is 1. The van der Waals surface area contributed by atoms with E-state index in [0.29, 0.717) is 23.3 Å². The van der Waals surface area contributed by atoms with E-state index in [1.54, 1.807) is 34.6 Å². The number of nitrogens with zero attached hydrogens (tertiary/aromatic N) is 1. The van der Waals surface area contributed by atoms with Crippen LogP contribution in [-0.2, 0) is 36.2 Å². The first-order valence-electron chi connectivity index (χ1n) is 12.0. The quantitative estimate of drug-likeness (QED) is 0.433. The van der Waals surface area contributed by atoms with Crippen LogP contribution in [0.15, 0.2) is 54.6 Å². The number of fused-ring (bicyclic) bond motifs is 2. The number of aryl methyl sites for hydroxylation is 2. The predicted molar refractivity (Wildman–Crippen MR) is 132 cm³/mol. The van der Waals surface area contributed by atoms with Crippen LogP contribution in [0.25, 0.3) is 0 Å². The second kappa shape index (κ2) is 9.88. The first-order valence-corrected chi connectivity index (χ1v) is 12.8. The summed E-state index contributed by atoms with van der Waals surface area (Å²) < 4.78 is 20.0.